The van der Waals surface area contributed by atoms with E-state index in [9.17, 15) is 22.8 Å². The predicted molar refractivity (Wildman–Crippen MR) is 110 cm³/mol. The molecular formula is C23H28F4N4. The van der Waals surface area contributed by atoms with Gasteiger partial charge in [0.25, 0.3) is 0 Å². The molecule has 1 fully saturated rings. The second kappa shape index (κ2) is 8.62. The number of hydrogen-bond acceptors (Lipinski definition) is 3. The van der Waals surface area contributed by atoms with Crippen molar-refractivity contribution in [3.05, 3.63) is 41.8 Å². The molecule has 2 aromatic rings. The largest absolute Gasteiger partial charge is 0.408 e. The van der Waals surface area contributed by atoms with Crippen molar-refractivity contribution in [2.45, 2.75) is 59.3 Å². The van der Waals surface area contributed by atoms with E-state index in [0.717, 1.165) is 36.2 Å². The predicted octanol–water partition coefficient (Wildman–Crippen LogP) is 5.79. The quantitative estimate of drug-likeness (QED) is 0.557. The van der Waals surface area contributed by atoms with Gasteiger partial charge in [0, 0.05) is 24.7 Å². The maximum Gasteiger partial charge on any atom is 0.408 e. The van der Waals surface area contributed by atoms with Gasteiger partial charge in [-0.05, 0) is 60.5 Å². The van der Waals surface area contributed by atoms with E-state index < -0.39 is 18.5 Å². The molecule has 31 heavy (non-hydrogen) atoms. The number of piperidine rings is 1. The van der Waals surface area contributed by atoms with E-state index in [1.807, 2.05) is 0 Å². The number of hydrogen-bond donors (Lipinski definition) is 0. The third-order valence-electron chi connectivity index (χ3n) is 6.52. The van der Waals surface area contributed by atoms with Gasteiger partial charge in [0.2, 0.25) is 0 Å². The summed E-state index contributed by atoms with van der Waals surface area (Å²) >= 11 is 0. The molecule has 0 amide bonds. The summed E-state index contributed by atoms with van der Waals surface area (Å²) in [7, 11) is 0. The van der Waals surface area contributed by atoms with E-state index in [0.29, 0.717) is 13.0 Å². The summed E-state index contributed by atoms with van der Waals surface area (Å²) in [5, 5.41) is 13.1. The van der Waals surface area contributed by atoms with E-state index in [1.165, 1.54) is 18.3 Å². The summed E-state index contributed by atoms with van der Waals surface area (Å²) in [6.45, 7) is 7.61. The van der Waals surface area contributed by atoms with E-state index in [1.54, 1.807) is 12.1 Å². The van der Waals surface area contributed by atoms with Crippen molar-refractivity contribution in [1.29, 1.82) is 5.26 Å². The maximum absolute atomic E-state index is 14.7. The molecule has 0 bridgehead atoms. The van der Waals surface area contributed by atoms with Crippen LogP contribution in [0.15, 0.2) is 30.5 Å². The Hall–Kier alpha value is -2.40. The fourth-order valence-corrected chi connectivity index (χ4v) is 4.38. The van der Waals surface area contributed by atoms with Gasteiger partial charge in [-0.1, -0.05) is 26.8 Å². The van der Waals surface area contributed by atoms with Crippen LogP contribution in [-0.2, 0) is 13.1 Å². The highest BCUT2D eigenvalue weighted by Gasteiger charge is 2.43. The molecule has 0 aliphatic carbocycles. The first-order chi connectivity index (χ1) is 14.4. The summed E-state index contributed by atoms with van der Waals surface area (Å²) in [5.74, 6) is -0.500. The SMILES string of the molecule is CC(C)(C)C1(CC#N)CCN(Cc2ccc(-c3ccn(CC(F)(F)F)n3)c(F)c2)CC1. The Kier molecular flexibility index (Phi) is 6.47. The van der Waals surface area contributed by atoms with Crippen molar-refractivity contribution in [2.75, 3.05) is 13.1 Å². The topological polar surface area (TPSA) is 44.9 Å². The molecule has 1 aliphatic heterocycles. The zero-order valence-electron chi connectivity index (χ0n) is 18.1. The minimum atomic E-state index is -4.38. The van der Waals surface area contributed by atoms with Crippen LogP contribution in [0.4, 0.5) is 17.6 Å². The molecule has 1 aliphatic rings. The second-order valence-electron chi connectivity index (χ2n) is 9.47. The van der Waals surface area contributed by atoms with Crippen molar-refractivity contribution in [2.24, 2.45) is 10.8 Å². The van der Waals surface area contributed by atoms with Crippen LogP contribution in [0.5, 0.6) is 0 Å². The highest BCUT2D eigenvalue weighted by Crippen LogP contribution is 2.49. The molecular weight excluding hydrogens is 408 g/mol. The monoisotopic (exact) mass is 436 g/mol. The Balaban J connectivity index is 1.66. The first-order valence-electron chi connectivity index (χ1n) is 10.4. The molecule has 3 rings (SSSR count). The summed E-state index contributed by atoms with van der Waals surface area (Å²) < 4.78 is 53.0. The average molecular weight is 436 g/mol. The number of nitriles is 1. The molecule has 8 heteroatoms. The lowest BCUT2D eigenvalue weighted by Gasteiger charge is -2.49. The fourth-order valence-electron chi connectivity index (χ4n) is 4.38. The van der Waals surface area contributed by atoms with E-state index in [4.69, 9.17) is 0 Å². The van der Waals surface area contributed by atoms with Crippen molar-refractivity contribution < 1.29 is 17.6 Å². The summed E-state index contributed by atoms with van der Waals surface area (Å²) in [5.41, 5.74) is 1.20. The smallest absolute Gasteiger partial charge is 0.299 e. The highest BCUT2D eigenvalue weighted by atomic mass is 19.4. The standard InChI is InChI=1S/C23H28F4N4/c1-21(2,3)22(7-10-28)8-12-30(13-9-22)15-17-4-5-18(19(24)14-17)20-6-11-31(29-20)16-23(25,26)27/h4-6,11,14H,7-9,12-13,15-16H2,1-3H3. The fraction of sp³-hybridized carbons (Fsp3) is 0.565. The minimum Gasteiger partial charge on any atom is -0.299 e. The average Bonchev–Trinajstić information content (AvgIpc) is 3.09. The first-order valence-corrected chi connectivity index (χ1v) is 10.4. The Morgan fingerprint density at radius 3 is 2.35 bits per heavy atom. The van der Waals surface area contributed by atoms with Crippen LogP contribution in [-0.4, -0.2) is 33.9 Å². The van der Waals surface area contributed by atoms with Crippen molar-refractivity contribution in [1.82, 2.24) is 14.7 Å². The van der Waals surface area contributed by atoms with Gasteiger partial charge in [-0.2, -0.15) is 23.5 Å². The van der Waals surface area contributed by atoms with Gasteiger partial charge < -0.3 is 0 Å². The van der Waals surface area contributed by atoms with Gasteiger partial charge in [0.1, 0.15) is 12.4 Å². The minimum absolute atomic E-state index is 0.0113. The molecule has 1 aromatic heterocycles. The summed E-state index contributed by atoms with van der Waals surface area (Å²) in [4.78, 5) is 2.26. The van der Waals surface area contributed by atoms with Crippen LogP contribution >= 0.6 is 0 Å². The zero-order chi connectivity index (χ0) is 22.9. The lowest BCUT2D eigenvalue weighted by Crippen LogP contribution is -2.46. The molecule has 1 aromatic carbocycles. The molecule has 4 nitrogen and oxygen atoms in total. The van der Waals surface area contributed by atoms with E-state index in [-0.39, 0.29) is 22.1 Å². The third-order valence-corrected chi connectivity index (χ3v) is 6.52. The second-order valence-corrected chi connectivity index (χ2v) is 9.47. The van der Waals surface area contributed by atoms with Crippen LogP contribution in [0.25, 0.3) is 11.3 Å². The van der Waals surface area contributed by atoms with Crippen LogP contribution < -0.4 is 0 Å². The number of rotatable bonds is 5. The Bertz CT molecular complexity index is 942. The lowest BCUT2D eigenvalue weighted by molar-refractivity contribution is -0.142. The Labute approximate surface area is 180 Å². The van der Waals surface area contributed by atoms with Crippen LogP contribution in [0.1, 0.15) is 45.6 Å². The molecule has 168 valence electrons. The third kappa shape index (κ3) is 5.45. The van der Waals surface area contributed by atoms with Crippen LogP contribution in [0.3, 0.4) is 0 Å². The number of alkyl halides is 3. The zero-order valence-corrected chi connectivity index (χ0v) is 18.1. The van der Waals surface area contributed by atoms with Crippen molar-refractivity contribution in [3.8, 4) is 17.3 Å². The molecule has 0 spiro atoms. The van der Waals surface area contributed by atoms with Gasteiger partial charge in [-0.3, -0.25) is 9.58 Å². The molecule has 0 unspecified atom stereocenters. The number of likely N-dealkylation sites (tertiary alicyclic amines) is 1. The summed E-state index contributed by atoms with van der Waals surface area (Å²) in [6.07, 6.45) is -0.804. The number of halogens is 4. The number of aromatic nitrogens is 2. The van der Waals surface area contributed by atoms with Crippen molar-refractivity contribution in [3.63, 3.8) is 0 Å². The summed E-state index contributed by atoms with van der Waals surface area (Å²) in [6, 6.07) is 8.54. The van der Waals surface area contributed by atoms with E-state index >= 15 is 0 Å². The number of benzene rings is 1. The van der Waals surface area contributed by atoms with Gasteiger partial charge >= 0.3 is 6.18 Å². The van der Waals surface area contributed by atoms with Crippen molar-refractivity contribution >= 4 is 0 Å². The maximum atomic E-state index is 14.7. The highest BCUT2D eigenvalue weighted by molar-refractivity contribution is 5.59. The Morgan fingerprint density at radius 2 is 1.81 bits per heavy atom. The van der Waals surface area contributed by atoms with Gasteiger partial charge in [0.15, 0.2) is 0 Å². The van der Waals surface area contributed by atoms with Gasteiger partial charge in [-0.25, -0.2) is 4.39 Å². The molecule has 2 heterocycles. The van der Waals surface area contributed by atoms with Crippen LogP contribution in [0, 0.1) is 28.0 Å². The normalized spacial score (nSPS) is 17.5. The molecule has 0 radical (unpaired) electrons. The Morgan fingerprint density at radius 1 is 1.13 bits per heavy atom. The lowest BCUT2D eigenvalue weighted by atomic mass is 9.60. The van der Waals surface area contributed by atoms with E-state index in [2.05, 4.69) is 36.8 Å². The molecule has 0 saturated carbocycles. The molecule has 0 atom stereocenters. The van der Waals surface area contributed by atoms with Gasteiger partial charge in [0.05, 0.1) is 11.8 Å². The first kappa shape index (κ1) is 23.3. The van der Waals surface area contributed by atoms with Gasteiger partial charge in [-0.15, -0.1) is 0 Å². The number of nitrogens with zero attached hydrogens (tertiary/aromatic N) is 4. The molecule has 0 N–H and O–H groups in total. The molecule has 1 saturated heterocycles. The van der Waals surface area contributed by atoms with Crippen LogP contribution in [0.2, 0.25) is 0 Å².